The number of nitrogens with one attached hydrogen (secondary N) is 1. The third kappa shape index (κ3) is 8.01. The van der Waals surface area contributed by atoms with Crippen molar-refractivity contribution in [2.75, 3.05) is 13.2 Å². The monoisotopic (exact) mass is 346 g/mol. The van der Waals surface area contributed by atoms with Gasteiger partial charge in [0.1, 0.15) is 18.5 Å². The molecule has 5 nitrogen and oxygen atoms in total. The molecule has 0 aliphatic rings. The average molecular weight is 346 g/mol. The van der Waals surface area contributed by atoms with Crippen molar-refractivity contribution in [3.63, 3.8) is 0 Å². The minimum atomic E-state index is -0.499. The molecule has 0 saturated heterocycles. The van der Waals surface area contributed by atoms with Crippen LogP contribution in [0.4, 0.5) is 0 Å². The van der Waals surface area contributed by atoms with Crippen LogP contribution in [0.2, 0.25) is 0 Å². The topological polar surface area (TPSA) is 84.6 Å². The molecule has 5 heteroatoms. The fourth-order valence-electron chi connectivity index (χ4n) is 1.94. The molecule has 0 aromatic heterocycles. The Bertz CT molecular complexity index is 651. The lowest BCUT2D eigenvalue weighted by Crippen LogP contribution is -2.35. The Morgan fingerprint density at radius 1 is 1.12 bits per heavy atom. The van der Waals surface area contributed by atoms with E-state index in [0.717, 1.165) is 16.5 Å². The molecule has 0 bridgehead atoms. The van der Waals surface area contributed by atoms with Crippen molar-refractivity contribution in [2.24, 2.45) is 11.7 Å². The molecule has 0 spiro atoms. The number of carbonyl (C=O) groups excluding carboxylic acids is 1. The van der Waals surface area contributed by atoms with Crippen LogP contribution in [0.5, 0.6) is 5.75 Å². The predicted octanol–water partition coefficient (Wildman–Crippen LogP) is 2.71. The first kappa shape index (κ1) is 20.9. The molecule has 4 N–H and O–H groups in total. The second-order valence-electron chi connectivity index (χ2n) is 6.56. The van der Waals surface area contributed by atoms with Crippen molar-refractivity contribution in [1.29, 1.82) is 0 Å². The number of rotatable bonds is 7. The van der Waals surface area contributed by atoms with Crippen molar-refractivity contribution in [1.82, 2.24) is 5.32 Å². The summed E-state index contributed by atoms with van der Waals surface area (Å²) in [4.78, 5) is 9.92. The summed E-state index contributed by atoms with van der Waals surface area (Å²) in [5.74, 6) is 0.571. The smallest absolute Gasteiger partial charge is 0.219 e. The normalized spacial score (nSPS) is 12.0. The highest BCUT2D eigenvalue weighted by atomic mass is 16.5. The van der Waals surface area contributed by atoms with E-state index in [2.05, 4.69) is 31.3 Å². The fourth-order valence-corrected chi connectivity index (χ4v) is 1.94. The van der Waals surface area contributed by atoms with E-state index in [1.165, 1.54) is 0 Å². The highest BCUT2D eigenvalue weighted by molar-refractivity contribution is 5.88. The Balaban J connectivity index is 0.000000450. The molecule has 0 fully saturated rings. The SMILES string of the molecule is CC(C)C(N)=O.CC(C)NCC(O)COc1cccc2ccccc12. The van der Waals surface area contributed by atoms with Gasteiger partial charge in [-0.1, -0.05) is 64.1 Å². The Morgan fingerprint density at radius 3 is 2.32 bits per heavy atom. The van der Waals surface area contributed by atoms with E-state index in [0.29, 0.717) is 19.2 Å². The lowest BCUT2D eigenvalue weighted by atomic mass is 10.1. The van der Waals surface area contributed by atoms with E-state index >= 15 is 0 Å². The van der Waals surface area contributed by atoms with Crippen LogP contribution in [0.15, 0.2) is 42.5 Å². The molecule has 2 rings (SSSR count). The number of hydrogen-bond acceptors (Lipinski definition) is 4. The van der Waals surface area contributed by atoms with E-state index in [-0.39, 0.29) is 11.8 Å². The summed E-state index contributed by atoms with van der Waals surface area (Å²) in [6, 6.07) is 14.4. The fraction of sp³-hybridized carbons (Fsp3) is 0.450. The molecular weight excluding hydrogens is 316 g/mol. The summed E-state index contributed by atoms with van der Waals surface area (Å²) in [5.41, 5.74) is 4.80. The number of hydrogen-bond donors (Lipinski definition) is 3. The first-order valence-electron chi connectivity index (χ1n) is 8.62. The van der Waals surface area contributed by atoms with Gasteiger partial charge in [0.2, 0.25) is 5.91 Å². The summed E-state index contributed by atoms with van der Waals surface area (Å²) in [6.07, 6.45) is -0.499. The molecule has 0 aliphatic heterocycles. The van der Waals surface area contributed by atoms with Gasteiger partial charge in [0, 0.05) is 23.9 Å². The Kier molecular flexibility index (Phi) is 8.95. The Hall–Kier alpha value is -2.11. The number of fused-ring (bicyclic) bond motifs is 1. The van der Waals surface area contributed by atoms with E-state index in [9.17, 15) is 9.90 Å². The minimum absolute atomic E-state index is 0.00926. The van der Waals surface area contributed by atoms with Crippen molar-refractivity contribution in [3.8, 4) is 5.75 Å². The molecule has 138 valence electrons. The third-order valence-electron chi connectivity index (χ3n) is 3.51. The number of amides is 1. The summed E-state index contributed by atoms with van der Waals surface area (Å²) in [5, 5.41) is 15.3. The van der Waals surface area contributed by atoms with Gasteiger partial charge >= 0.3 is 0 Å². The van der Waals surface area contributed by atoms with Gasteiger partial charge in [-0.2, -0.15) is 0 Å². The van der Waals surface area contributed by atoms with Crippen LogP contribution in [0.25, 0.3) is 10.8 Å². The largest absolute Gasteiger partial charge is 0.490 e. The van der Waals surface area contributed by atoms with E-state index < -0.39 is 6.10 Å². The minimum Gasteiger partial charge on any atom is -0.490 e. The van der Waals surface area contributed by atoms with Crippen molar-refractivity contribution >= 4 is 16.7 Å². The van der Waals surface area contributed by atoms with Crippen molar-refractivity contribution in [2.45, 2.75) is 39.8 Å². The maximum atomic E-state index is 9.92. The van der Waals surface area contributed by atoms with Crippen LogP contribution < -0.4 is 15.8 Å². The molecule has 0 saturated carbocycles. The lowest BCUT2D eigenvalue weighted by Gasteiger charge is -2.15. The van der Waals surface area contributed by atoms with E-state index in [4.69, 9.17) is 10.5 Å². The van der Waals surface area contributed by atoms with Gasteiger partial charge in [0.25, 0.3) is 0 Å². The number of aliphatic hydroxyl groups excluding tert-OH is 1. The number of aliphatic hydroxyl groups is 1. The van der Waals surface area contributed by atoms with E-state index in [1.807, 2.05) is 30.3 Å². The molecule has 0 heterocycles. The number of primary amides is 1. The molecular formula is C20H30N2O3. The van der Waals surface area contributed by atoms with Gasteiger partial charge < -0.3 is 20.9 Å². The second-order valence-corrected chi connectivity index (χ2v) is 6.56. The summed E-state index contributed by atoms with van der Waals surface area (Å²) in [6.45, 7) is 8.48. The van der Waals surface area contributed by atoms with Crippen LogP contribution in [0.1, 0.15) is 27.7 Å². The second kappa shape index (κ2) is 10.7. The quantitative estimate of drug-likeness (QED) is 0.720. The van der Waals surface area contributed by atoms with Gasteiger partial charge in [-0.3, -0.25) is 4.79 Å². The zero-order chi connectivity index (χ0) is 18.8. The number of nitrogens with two attached hydrogens (primary N) is 1. The first-order valence-corrected chi connectivity index (χ1v) is 8.62. The highest BCUT2D eigenvalue weighted by Gasteiger charge is 2.07. The number of carbonyl (C=O) groups is 1. The molecule has 1 amide bonds. The molecule has 2 aromatic carbocycles. The molecule has 0 radical (unpaired) electrons. The predicted molar refractivity (Wildman–Crippen MR) is 103 cm³/mol. The number of ether oxygens (including phenoxy) is 1. The maximum absolute atomic E-state index is 9.92. The third-order valence-corrected chi connectivity index (χ3v) is 3.51. The highest BCUT2D eigenvalue weighted by Crippen LogP contribution is 2.25. The maximum Gasteiger partial charge on any atom is 0.219 e. The molecule has 1 unspecified atom stereocenters. The van der Waals surface area contributed by atoms with Gasteiger partial charge in [-0.25, -0.2) is 0 Å². The molecule has 2 aromatic rings. The number of benzene rings is 2. The molecule has 25 heavy (non-hydrogen) atoms. The van der Waals surface area contributed by atoms with Gasteiger partial charge in [-0.05, 0) is 11.5 Å². The summed E-state index contributed by atoms with van der Waals surface area (Å²) < 4.78 is 5.72. The first-order chi connectivity index (χ1) is 11.8. The van der Waals surface area contributed by atoms with Gasteiger partial charge in [0.15, 0.2) is 0 Å². The summed E-state index contributed by atoms with van der Waals surface area (Å²) in [7, 11) is 0. The lowest BCUT2D eigenvalue weighted by molar-refractivity contribution is -0.120. The summed E-state index contributed by atoms with van der Waals surface area (Å²) >= 11 is 0. The van der Waals surface area contributed by atoms with Gasteiger partial charge in [0.05, 0.1) is 0 Å². The van der Waals surface area contributed by atoms with Crippen LogP contribution in [-0.4, -0.2) is 36.3 Å². The molecule has 0 aliphatic carbocycles. The van der Waals surface area contributed by atoms with Crippen LogP contribution >= 0.6 is 0 Å². The Labute approximate surface area is 150 Å². The zero-order valence-electron chi connectivity index (χ0n) is 15.5. The Morgan fingerprint density at radius 2 is 1.72 bits per heavy atom. The zero-order valence-corrected chi connectivity index (χ0v) is 15.5. The van der Waals surface area contributed by atoms with Crippen LogP contribution in [-0.2, 0) is 4.79 Å². The van der Waals surface area contributed by atoms with Crippen LogP contribution in [0, 0.1) is 5.92 Å². The standard InChI is InChI=1S/C16H21NO2.C4H9NO/c1-12(2)17-10-14(18)11-19-16-9-5-7-13-6-3-4-8-15(13)16;1-3(2)4(5)6/h3-9,12,14,17-18H,10-11H2,1-2H3;3H,1-2H3,(H2,5,6). The van der Waals surface area contributed by atoms with Crippen LogP contribution in [0.3, 0.4) is 0 Å². The molecule has 1 atom stereocenters. The van der Waals surface area contributed by atoms with Gasteiger partial charge in [-0.15, -0.1) is 0 Å². The van der Waals surface area contributed by atoms with E-state index in [1.54, 1.807) is 13.8 Å². The van der Waals surface area contributed by atoms with Crippen molar-refractivity contribution in [3.05, 3.63) is 42.5 Å². The average Bonchev–Trinajstić information content (AvgIpc) is 2.58. The van der Waals surface area contributed by atoms with Crippen molar-refractivity contribution < 1.29 is 14.6 Å².